The minimum atomic E-state index is -0.435. The molecule has 0 bridgehead atoms. The molecule has 2 aromatic rings. The van der Waals surface area contributed by atoms with Crippen LogP contribution < -0.4 is 0 Å². The summed E-state index contributed by atoms with van der Waals surface area (Å²) in [6, 6.07) is 7.93. The number of phenolic OH excluding ortho intramolecular Hbond substituents is 1. The Morgan fingerprint density at radius 1 is 1.15 bits per heavy atom. The molecular formula is C20H20N2O5. The number of aromatic hydroxyl groups is 1. The van der Waals surface area contributed by atoms with E-state index >= 15 is 0 Å². The van der Waals surface area contributed by atoms with E-state index in [9.17, 15) is 19.6 Å². The molecule has 0 unspecified atom stereocenters. The number of methoxy groups -OCH3 is 1. The Labute approximate surface area is 156 Å². The van der Waals surface area contributed by atoms with Crippen molar-refractivity contribution in [3.63, 3.8) is 0 Å². The number of phenols is 1. The van der Waals surface area contributed by atoms with Crippen LogP contribution in [0.1, 0.15) is 57.2 Å². The molecular weight excluding hydrogens is 348 g/mol. The van der Waals surface area contributed by atoms with Crippen LogP contribution in [0.2, 0.25) is 0 Å². The van der Waals surface area contributed by atoms with E-state index in [1.165, 1.54) is 19.2 Å². The molecule has 0 aromatic heterocycles. The lowest BCUT2D eigenvalue weighted by molar-refractivity contribution is 0.0600. The van der Waals surface area contributed by atoms with Crippen molar-refractivity contribution in [2.45, 2.75) is 32.9 Å². The first-order valence-corrected chi connectivity index (χ1v) is 8.55. The van der Waals surface area contributed by atoms with Crippen LogP contribution in [0.3, 0.4) is 0 Å². The minimum absolute atomic E-state index is 0.0179. The highest BCUT2D eigenvalue weighted by Crippen LogP contribution is 2.35. The van der Waals surface area contributed by atoms with E-state index in [4.69, 9.17) is 4.74 Å². The molecule has 0 spiro atoms. The summed E-state index contributed by atoms with van der Waals surface area (Å²) >= 11 is 0. The molecule has 0 saturated carbocycles. The summed E-state index contributed by atoms with van der Waals surface area (Å²) in [4.78, 5) is 37.5. The fraction of sp³-hybridized carbons (Fsp3) is 0.300. The van der Waals surface area contributed by atoms with Gasteiger partial charge >= 0.3 is 5.97 Å². The SMILES string of the molecule is COC(=O)c1ccc2c(c1)CN(C(=O)c1cc(C(C)C)c(O)cc1N=O)C2. The van der Waals surface area contributed by atoms with Gasteiger partial charge in [-0.1, -0.05) is 19.9 Å². The normalized spacial score (nSPS) is 12.8. The summed E-state index contributed by atoms with van der Waals surface area (Å²) in [5.41, 5.74) is 2.86. The molecule has 0 atom stereocenters. The predicted octanol–water partition coefficient (Wildman–Crippen LogP) is 3.86. The lowest BCUT2D eigenvalue weighted by Gasteiger charge is -2.18. The number of rotatable bonds is 4. The highest BCUT2D eigenvalue weighted by atomic mass is 16.5. The molecule has 1 aliphatic heterocycles. The lowest BCUT2D eigenvalue weighted by atomic mass is 9.98. The average Bonchev–Trinajstić information content (AvgIpc) is 3.09. The van der Waals surface area contributed by atoms with Crippen LogP contribution in [0.25, 0.3) is 0 Å². The fourth-order valence-corrected chi connectivity index (χ4v) is 3.26. The van der Waals surface area contributed by atoms with Gasteiger partial charge in [-0.15, -0.1) is 4.91 Å². The van der Waals surface area contributed by atoms with Crippen LogP contribution in [-0.4, -0.2) is 29.0 Å². The molecule has 3 rings (SSSR count). The molecule has 0 radical (unpaired) electrons. The lowest BCUT2D eigenvalue weighted by Crippen LogP contribution is -2.25. The Morgan fingerprint density at radius 3 is 2.48 bits per heavy atom. The quantitative estimate of drug-likeness (QED) is 0.653. The summed E-state index contributed by atoms with van der Waals surface area (Å²) in [6.45, 7) is 4.45. The van der Waals surface area contributed by atoms with Crippen LogP contribution in [0, 0.1) is 4.91 Å². The first kappa shape index (κ1) is 18.6. The van der Waals surface area contributed by atoms with Crippen molar-refractivity contribution >= 4 is 17.6 Å². The summed E-state index contributed by atoms with van der Waals surface area (Å²) < 4.78 is 4.73. The molecule has 140 valence electrons. The summed E-state index contributed by atoms with van der Waals surface area (Å²) in [5, 5.41) is 12.9. The number of amides is 1. The Morgan fingerprint density at radius 2 is 1.85 bits per heavy atom. The molecule has 2 aromatic carbocycles. The van der Waals surface area contributed by atoms with Crippen LogP contribution >= 0.6 is 0 Å². The summed E-state index contributed by atoms with van der Waals surface area (Å²) in [6.07, 6.45) is 0. The topological polar surface area (TPSA) is 96.3 Å². The average molecular weight is 368 g/mol. The van der Waals surface area contributed by atoms with Gasteiger partial charge in [0.1, 0.15) is 11.4 Å². The molecule has 0 aliphatic carbocycles. The van der Waals surface area contributed by atoms with E-state index < -0.39 is 5.97 Å². The smallest absolute Gasteiger partial charge is 0.337 e. The maximum absolute atomic E-state index is 13.0. The highest BCUT2D eigenvalue weighted by Gasteiger charge is 2.28. The van der Waals surface area contributed by atoms with Crippen LogP contribution in [0.4, 0.5) is 5.69 Å². The second kappa shape index (κ2) is 7.19. The maximum Gasteiger partial charge on any atom is 0.337 e. The van der Waals surface area contributed by atoms with Crippen LogP contribution in [0.15, 0.2) is 35.5 Å². The Hall–Kier alpha value is -3.22. The third-order valence-electron chi connectivity index (χ3n) is 4.73. The second-order valence-electron chi connectivity index (χ2n) is 6.81. The van der Waals surface area contributed by atoms with E-state index in [0.29, 0.717) is 24.2 Å². The number of carbonyl (C=O) groups is 2. The summed E-state index contributed by atoms with van der Waals surface area (Å²) in [5.74, 6) is -0.850. The van der Waals surface area contributed by atoms with E-state index in [2.05, 4.69) is 5.18 Å². The number of hydrogen-bond donors (Lipinski definition) is 1. The van der Waals surface area contributed by atoms with Gasteiger partial charge in [-0.25, -0.2) is 4.79 Å². The molecule has 1 heterocycles. The van der Waals surface area contributed by atoms with Gasteiger partial charge in [0.05, 0.1) is 18.2 Å². The standard InChI is InChI=1S/C20H20N2O5/c1-11(2)15-7-16(17(21-26)8-18(15)23)19(24)22-9-13-5-4-12(20(25)27-3)6-14(13)10-22/h4-8,11,23H,9-10H2,1-3H3. The van der Waals surface area contributed by atoms with Crippen molar-refractivity contribution in [2.75, 3.05) is 7.11 Å². The number of nitrogens with zero attached hydrogens (tertiary/aromatic N) is 2. The Balaban J connectivity index is 1.92. The van der Waals surface area contributed by atoms with Crippen LogP contribution in [0.5, 0.6) is 5.75 Å². The third-order valence-corrected chi connectivity index (χ3v) is 4.73. The van der Waals surface area contributed by atoms with Gasteiger partial charge in [0.15, 0.2) is 0 Å². The van der Waals surface area contributed by atoms with Gasteiger partial charge in [-0.3, -0.25) is 4.79 Å². The largest absolute Gasteiger partial charge is 0.508 e. The van der Waals surface area contributed by atoms with E-state index in [1.807, 2.05) is 13.8 Å². The van der Waals surface area contributed by atoms with Gasteiger partial charge < -0.3 is 14.7 Å². The zero-order valence-electron chi connectivity index (χ0n) is 15.4. The van der Waals surface area contributed by atoms with Crippen molar-refractivity contribution in [1.29, 1.82) is 0 Å². The first-order valence-electron chi connectivity index (χ1n) is 8.55. The van der Waals surface area contributed by atoms with E-state index in [0.717, 1.165) is 11.1 Å². The van der Waals surface area contributed by atoms with Crippen molar-refractivity contribution < 1.29 is 19.4 Å². The van der Waals surface area contributed by atoms with E-state index in [1.54, 1.807) is 23.1 Å². The van der Waals surface area contributed by atoms with Gasteiger partial charge in [0, 0.05) is 19.2 Å². The number of carbonyl (C=O) groups excluding carboxylic acids is 2. The van der Waals surface area contributed by atoms with Gasteiger partial charge in [-0.05, 0) is 46.0 Å². The zero-order valence-corrected chi connectivity index (χ0v) is 15.4. The Kier molecular flexibility index (Phi) is 4.94. The highest BCUT2D eigenvalue weighted by molar-refractivity contribution is 6.00. The molecule has 1 N–H and O–H groups in total. The number of benzene rings is 2. The molecule has 7 heteroatoms. The van der Waals surface area contributed by atoms with Crippen molar-refractivity contribution in [1.82, 2.24) is 4.90 Å². The zero-order chi connectivity index (χ0) is 19.7. The number of esters is 1. The monoisotopic (exact) mass is 368 g/mol. The molecule has 1 amide bonds. The number of nitroso groups, excluding NO2 is 1. The second-order valence-corrected chi connectivity index (χ2v) is 6.81. The molecule has 0 fully saturated rings. The van der Waals surface area contributed by atoms with Gasteiger partial charge in [0.2, 0.25) is 0 Å². The fourth-order valence-electron chi connectivity index (χ4n) is 3.26. The van der Waals surface area contributed by atoms with Gasteiger partial charge in [-0.2, -0.15) is 0 Å². The predicted molar refractivity (Wildman–Crippen MR) is 99.0 cm³/mol. The third kappa shape index (κ3) is 3.40. The molecule has 7 nitrogen and oxygen atoms in total. The molecule has 0 saturated heterocycles. The van der Waals surface area contributed by atoms with Crippen molar-refractivity contribution in [2.24, 2.45) is 5.18 Å². The van der Waals surface area contributed by atoms with Crippen molar-refractivity contribution in [3.8, 4) is 5.75 Å². The van der Waals surface area contributed by atoms with Crippen LogP contribution in [-0.2, 0) is 17.8 Å². The molecule has 27 heavy (non-hydrogen) atoms. The number of ether oxygens (including phenoxy) is 1. The Bertz CT molecular complexity index is 936. The number of hydrogen-bond acceptors (Lipinski definition) is 6. The van der Waals surface area contributed by atoms with Crippen molar-refractivity contribution in [3.05, 3.63) is 63.1 Å². The van der Waals surface area contributed by atoms with Gasteiger partial charge in [0.25, 0.3) is 5.91 Å². The maximum atomic E-state index is 13.0. The molecule has 1 aliphatic rings. The van der Waals surface area contributed by atoms with E-state index in [-0.39, 0.29) is 28.8 Å². The first-order chi connectivity index (χ1) is 12.8. The summed E-state index contributed by atoms with van der Waals surface area (Å²) in [7, 11) is 1.32. The minimum Gasteiger partial charge on any atom is -0.508 e. The number of fused-ring (bicyclic) bond motifs is 1.